The van der Waals surface area contributed by atoms with Gasteiger partial charge in [0.15, 0.2) is 5.78 Å². The Morgan fingerprint density at radius 1 is 0.738 bits per heavy atom. The smallest absolute Gasteiger partial charge is 0.415 e. The van der Waals surface area contributed by atoms with Crippen molar-refractivity contribution in [3.63, 3.8) is 0 Å². The molecule has 0 spiro atoms. The molecule has 218 valence electrons. The van der Waals surface area contributed by atoms with Crippen LogP contribution in [0.2, 0.25) is 0 Å². The molecule has 0 radical (unpaired) electrons. The van der Waals surface area contributed by atoms with Gasteiger partial charge < -0.3 is 23.7 Å². The van der Waals surface area contributed by atoms with Crippen molar-refractivity contribution in [3.05, 3.63) is 120 Å². The van der Waals surface area contributed by atoms with Crippen LogP contribution in [-0.2, 0) is 9.36 Å². The van der Waals surface area contributed by atoms with E-state index in [0.717, 1.165) is 4.57 Å². The molecule has 1 heterocycles. The first-order valence-corrected chi connectivity index (χ1v) is 14.9. The van der Waals surface area contributed by atoms with Crippen LogP contribution in [0.1, 0.15) is 26.8 Å². The molecule has 11 heteroatoms. The zero-order valence-corrected chi connectivity index (χ0v) is 24.3. The van der Waals surface area contributed by atoms with E-state index in [1.54, 1.807) is 105 Å². The third-order valence-corrected chi connectivity index (χ3v) is 8.51. The second-order valence-electron chi connectivity index (χ2n) is 9.68. The molecule has 2 atom stereocenters. The van der Waals surface area contributed by atoms with Gasteiger partial charge in [-0.2, -0.15) is 0 Å². The van der Waals surface area contributed by atoms with E-state index in [1.807, 2.05) is 0 Å². The Balaban J connectivity index is 1.56. The van der Waals surface area contributed by atoms with E-state index in [9.17, 15) is 18.9 Å². The minimum Gasteiger partial charge on any atom is -0.415 e. The van der Waals surface area contributed by atoms with Gasteiger partial charge >= 0.3 is 13.7 Å². The summed E-state index contributed by atoms with van der Waals surface area (Å²) in [6, 6.07) is 27.3. The van der Waals surface area contributed by atoms with Gasteiger partial charge in [0.1, 0.15) is 29.0 Å². The van der Waals surface area contributed by atoms with Crippen molar-refractivity contribution in [3.8, 4) is 17.2 Å². The van der Waals surface area contributed by atoms with Crippen LogP contribution in [-0.4, -0.2) is 22.4 Å². The van der Waals surface area contributed by atoms with Crippen LogP contribution in [0.4, 0.5) is 10.5 Å². The van der Waals surface area contributed by atoms with Gasteiger partial charge in [0.05, 0.1) is 0 Å². The maximum absolute atomic E-state index is 14.4. The Kier molecular flexibility index (Phi) is 9.83. The predicted molar refractivity (Wildman–Crippen MR) is 160 cm³/mol. The lowest BCUT2D eigenvalue weighted by Crippen LogP contribution is -2.45. The van der Waals surface area contributed by atoms with Crippen molar-refractivity contribution in [1.29, 1.82) is 0 Å². The van der Waals surface area contributed by atoms with Gasteiger partial charge in [0.25, 0.3) is 5.56 Å². The van der Waals surface area contributed by atoms with Gasteiger partial charge in [-0.25, -0.2) is 9.36 Å². The molecule has 0 bridgehead atoms. The molecule has 4 rings (SSSR count). The first kappa shape index (κ1) is 30.1. The van der Waals surface area contributed by atoms with Crippen molar-refractivity contribution in [2.24, 2.45) is 5.92 Å². The molecule has 3 aromatic carbocycles. The highest BCUT2D eigenvalue weighted by Gasteiger charge is 2.43. The fraction of sp³-hybridized carbons (Fsp3) is 0.194. The Hall–Kier alpha value is -4.82. The number of hydrogen-bond acceptors (Lipinski definition) is 7. The van der Waals surface area contributed by atoms with E-state index < -0.39 is 42.9 Å². The summed E-state index contributed by atoms with van der Waals surface area (Å²) in [6.45, 7) is 5.07. The van der Waals surface area contributed by atoms with Crippen LogP contribution >= 0.6 is 7.60 Å². The summed E-state index contributed by atoms with van der Waals surface area (Å²) >= 11 is 0. The zero-order chi connectivity index (χ0) is 30.1. The van der Waals surface area contributed by atoms with Crippen molar-refractivity contribution >= 4 is 25.3 Å². The molecule has 10 nitrogen and oxygen atoms in total. The molecule has 0 aliphatic carbocycles. The Labute approximate surface area is 243 Å². The van der Waals surface area contributed by atoms with Gasteiger partial charge in [-0.05, 0) is 61.4 Å². The van der Waals surface area contributed by atoms with Gasteiger partial charge in [-0.3, -0.25) is 14.9 Å². The maximum Gasteiger partial charge on any atom is 0.453 e. The number of anilines is 1. The van der Waals surface area contributed by atoms with Crippen LogP contribution in [0.3, 0.4) is 0 Å². The van der Waals surface area contributed by atoms with Gasteiger partial charge in [0.2, 0.25) is 5.91 Å². The number of ether oxygens (including phenoxy) is 1. The van der Waals surface area contributed by atoms with Crippen molar-refractivity contribution < 1.29 is 27.9 Å². The second-order valence-corrected chi connectivity index (χ2v) is 11.7. The molecule has 1 aromatic heterocycles. The lowest BCUT2D eigenvalue weighted by molar-refractivity contribution is -0.124. The third-order valence-electron chi connectivity index (χ3n) is 6.18. The molecule has 0 aliphatic rings. The number of carbonyl (C=O) groups excluding carboxylic acids is 2. The van der Waals surface area contributed by atoms with Crippen LogP contribution in [0.15, 0.2) is 114 Å². The summed E-state index contributed by atoms with van der Waals surface area (Å²) in [5, 5.41) is 5.21. The van der Waals surface area contributed by atoms with Gasteiger partial charge in [-0.15, -0.1) is 0 Å². The molecule has 2 amide bonds. The van der Waals surface area contributed by atoms with Crippen molar-refractivity contribution in [2.45, 2.75) is 32.6 Å². The molecule has 4 aromatic rings. The van der Waals surface area contributed by atoms with Crippen LogP contribution in [0, 0.1) is 5.92 Å². The molecule has 42 heavy (non-hydrogen) atoms. The summed E-state index contributed by atoms with van der Waals surface area (Å²) in [4.78, 5) is 39.1. The SMILES string of the molecule is CC(C)C(NC(=O)[C@H](C)n1cccc(NC(=O)Oc2ccccc2)c1=O)P(=O)(Oc1ccccc1)Oc1ccccc1. The highest BCUT2D eigenvalue weighted by molar-refractivity contribution is 7.55. The van der Waals surface area contributed by atoms with E-state index in [-0.39, 0.29) is 5.69 Å². The number of carbonyl (C=O) groups is 2. The van der Waals surface area contributed by atoms with Crippen LogP contribution in [0.25, 0.3) is 0 Å². The predicted octanol–water partition coefficient (Wildman–Crippen LogP) is 6.47. The first-order valence-electron chi connectivity index (χ1n) is 13.3. The summed E-state index contributed by atoms with van der Waals surface area (Å²) < 4.78 is 32.6. The highest BCUT2D eigenvalue weighted by atomic mass is 31.2. The fourth-order valence-corrected chi connectivity index (χ4v) is 6.14. The van der Waals surface area contributed by atoms with Gasteiger partial charge in [0, 0.05) is 6.20 Å². The number of para-hydroxylation sites is 3. The van der Waals surface area contributed by atoms with Crippen LogP contribution in [0.5, 0.6) is 17.2 Å². The zero-order valence-electron chi connectivity index (χ0n) is 23.4. The number of rotatable bonds is 11. The molecule has 2 N–H and O–H groups in total. The number of aromatic nitrogens is 1. The number of nitrogens with one attached hydrogen (secondary N) is 2. The highest BCUT2D eigenvalue weighted by Crippen LogP contribution is 2.54. The second kappa shape index (κ2) is 13.7. The lowest BCUT2D eigenvalue weighted by atomic mass is 10.2. The average Bonchev–Trinajstić information content (AvgIpc) is 2.97. The van der Waals surface area contributed by atoms with Crippen LogP contribution < -0.4 is 30.0 Å². The molecular weight excluding hydrogens is 557 g/mol. The first-order chi connectivity index (χ1) is 20.2. The molecule has 1 unspecified atom stereocenters. The number of amides is 2. The largest absolute Gasteiger partial charge is 0.453 e. The lowest BCUT2D eigenvalue weighted by Gasteiger charge is -2.31. The monoisotopic (exact) mass is 589 g/mol. The Morgan fingerprint density at radius 3 is 1.74 bits per heavy atom. The van der Waals surface area contributed by atoms with Gasteiger partial charge in [-0.1, -0.05) is 68.4 Å². The summed E-state index contributed by atoms with van der Waals surface area (Å²) in [5.74, 6) is -1.15. The topological polar surface area (TPSA) is 125 Å². The van der Waals surface area contributed by atoms with Crippen molar-refractivity contribution in [2.75, 3.05) is 5.32 Å². The average molecular weight is 590 g/mol. The summed E-state index contributed by atoms with van der Waals surface area (Å²) in [5.41, 5.74) is -0.709. The number of hydrogen-bond donors (Lipinski definition) is 2. The fourth-order valence-electron chi connectivity index (χ4n) is 4.03. The van der Waals surface area contributed by atoms with Crippen molar-refractivity contribution in [1.82, 2.24) is 9.88 Å². The minimum atomic E-state index is -4.08. The van der Waals surface area contributed by atoms with E-state index in [0.29, 0.717) is 17.2 Å². The quantitative estimate of drug-likeness (QED) is 0.192. The standard InChI is InChI=1S/C31H32N3O7P/c1-22(2)29(42(38,40-25-16-9-5-10-17-25)41-26-18-11-6-12-19-26)33-28(35)23(3)34-21-13-20-27(30(34)36)32-31(37)39-24-14-7-4-8-15-24/h4-23,29H,1-3H3,(H,32,37)(H,33,35)/t23-,29?/m0/s1. The maximum atomic E-state index is 14.4. The van der Waals surface area contributed by atoms with E-state index >= 15 is 0 Å². The summed E-state index contributed by atoms with van der Waals surface area (Å²) in [6.07, 6.45) is 0.565. The molecule has 0 saturated carbocycles. The van der Waals surface area contributed by atoms with E-state index in [2.05, 4.69) is 10.6 Å². The Bertz CT molecular complexity index is 1550. The molecule has 0 fully saturated rings. The number of benzene rings is 3. The normalized spacial score (nSPS) is 12.6. The summed E-state index contributed by atoms with van der Waals surface area (Å²) in [7, 11) is -4.08. The van der Waals surface area contributed by atoms with E-state index in [4.69, 9.17) is 13.8 Å². The number of pyridine rings is 1. The molecule has 0 aliphatic heterocycles. The minimum absolute atomic E-state index is 0.0796. The molecular formula is C31H32N3O7P. The molecule has 0 saturated heterocycles. The van der Waals surface area contributed by atoms with E-state index in [1.165, 1.54) is 25.3 Å². The third kappa shape index (κ3) is 7.67. The Morgan fingerprint density at radius 2 is 1.24 bits per heavy atom. The number of nitrogens with zero attached hydrogens (tertiary/aromatic N) is 1.